The number of amides is 1. The highest BCUT2D eigenvalue weighted by molar-refractivity contribution is 6.00. The van der Waals surface area contributed by atoms with Crippen molar-refractivity contribution >= 4 is 17.3 Å². The fourth-order valence-corrected chi connectivity index (χ4v) is 2.28. The summed E-state index contributed by atoms with van der Waals surface area (Å²) < 4.78 is 5.42. The second kappa shape index (κ2) is 6.51. The number of ether oxygens (including phenoxy) is 1. The molecule has 2 rings (SSSR count). The van der Waals surface area contributed by atoms with E-state index in [1.54, 1.807) is 0 Å². The average molecular weight is 294 g/mol. The number of hydrazine groups is 1. The molecule has 8 nitrogen and oxygen atoms in total. The maximum absolute atomic E-state index is 12.2. The van der Waals surface area contributed by atoms with Gasteiger partial charge in [0, 0.05) is 24.8 Å². The number of hydrogen-bond acceptors (Lipinski definition) is 6. The molecule has 0 heterocycles. The fraction of sp³-hybridized carbons (Fsp3) is 0.462. The fourth-order valence-electron chi connectivity index (χ4n) is 2.28. The van der Waals surface area contributed by atoms with Crippen molar-refractivity contribution in [3.8, 4) is 0 Å². The highest BCUT2D eigenvalue weighted by Gasteiger charge is 2.31. The van der Waals surface area contributed by atoms with Gasteiger partial charge in [-0.2, -0.15) is 0 Å². The zero-order chi connectivity index (χ0) is 15.4. The summed E-state index contributed by atoms with van der Waals surface area (Å²) in [4.78, 5) is 22.4. The SMILES string of the molecule is CCOC1CC(NC(=O)c2cc([N+](=O)[O-])ccc2NN)C1. The first-order valence-corrected chi connectivity index (χ1v) is 6.72. The average Bonchev–Trinajstić information content (AvgIpc) is 2.44. The summed E-state index contributed by atoms with van der Waals surface area (Å²) in [6.07, 6.45) is 1.68. The molecule has 1 amide bonds. The molecule has 1 fully saturated rings. The van der Waals surface area contributed by atoms with Gasteiger partial charge >= 0.3 is 0 Å². The van der Waals surface area contributed by atoms with Crippen LogP contribution >= 0.6 is 0 Å². The van der Waals surface area contributed by atoms with E-state index in [4.69, 9.17) is 10.6 Å². The number of nitrogens with zero attached hydrogens (tertiary/aromatic N) is 1. The largest absolute Gasteiger partial charge is 0.378 e. The molecule has 0 aromatic heterocycles. The number of nitro groups is 1. The molecule has 1 saturated carbocycles. The smallest absolute Gasteiger partial charge is 0.270 e. The molecule has 1 aliphatic carbocycles. The molecule has 0 atom stereocenters. The van der Waals surface area contributed by atoms with E-state index in [2.05, 4.69) is 10.7 Å². The third-order valence-corrected chi connectivity index (χ3v) is 3.45. The Labute approximate surface area is 121 Å². The van der Waals surface area contributed by atoms with Gasteiger partial charge in [0.1, 0.15) is 0 Å². The van der Waals surface area contributed by atoms with Crippen LogP contribution in [0.3, 0.4) is 0 Å². The highest BCUT2D eigenvalue weighted by Crippen LogP contribution is 2.25. The molecule has 8 heteroatoms. The molecule has 0 unspecified atom stereocenters. The van der Waals surface area contributed by atoms with E-state index in [0.717, 1.165) is 12.8 Å². The number of nitrogen functional groups attached to an aromatic ring is 1. The number of carbonyl (C=O) groups is 1. The Balaban J connectivity index is 2.05. The molecule has 0 spiro atoms. The lowest BCUT2D eigenvalue weighted by molar-refractivity contribution is -0.384. The van der Waals surface area contributed by atoms with Gasteiger partial charge in [-0.1, -0.05) is 0 Å². The van der Waals surface area contributed by atoms with Gasteiger partial charge in [0.2, 0.25) is 0 Å². The van der Waals surface area contributed by atoms with Gasteiger partial charge < -0.3 is 15.5 Å². The van der Waals surface area contributed by atoms with Gasteiger partial charge in [-0.15, -0.1) is 0 Å². The van der Waals surface area contributed by atoms with Crippen molar-refractivity contribution < 1.29 is 14.5 Å². The van der Waals surface area contributed by atoms with Crippen LogP contribution in [0, 0.1) is 10.1 Å². The number of anilines is 1. The molecular weight excluding hydrogens is 276 g/mol. The third-order valence-electron chi connectivity index (χ3n) is 3.45. The second-order valence-corrected chi connectivity index (χ2v) is 4.85. The molecule has 0 radical (unpaired) electrons. The van der Waals surface area contributed by atoms with Crippen LogP contribution in [0.1, 0.15) is 30.1 Å². The van der Waals surface area contributed by atoms with Crippen LogP contribution in [0.4, 0.5) is 11.4 Å². The summed E-state index contributed by atoms with van der Waals surface area (Å²) in [5.74, 6) is 4.95. The summed E-state index contributed by atoms with van der Waals surface area (Å²) in [7, 11) is 0. The number of non-ortho nitro benzene ring substituents is 1. The van der Waals surface area contributed by atoms with E-state index in [1.165, 1.54) is 18.2 Å². The van der Waals surface area contributed by atoms with Crippen LogP contribution < -0.4 is 16.6 Å². The van der Waals surface area contributed by atoms with Gasteiger partial charge in [0.15, 0.2) is 0 Å². The van der Waals surface area contributed by atoms with E-state index < -0.39 is 4.92 Å². The van der Waals surface area contributed by atoms with Crippen molar-refractivity contribution in [2.75, 3.05) is 12.0 Å². The third kappa shape index (κ3) is 3.47. The van der Waals surface area contributed by atoms with E-state index >= 15 is 0 Å². The Morgan fingerprint density at radius 3 is 2.81 bits per heavy atom. The number of carbonyl (C=O) groups excluding carboxylic acids is 1. The van der Waals surface area contributed by atoms with Crippen LogP contribution in [0.15, 0.2) is 18.2 Å². The Hall–Kier alpha value is -2.19. The van der Waals surface area contributed by atoms with Gasteiger partial charge in [-0.05, 0) is 25.8 Å². The lowest BCUT2D eigenvalue weighted by Gasteiger charge is -2.35. The monoisotopic (exact) mass is 294 g/mol. The lowest BCUT2D eigenvalue weighted by atomic mass is 9.89. The molecule has 0 bridgehead atoms. The Morgan fingerprint density at radius 1 is 1.52 bits per heavy atom. The van der Waals surface area contributed by atoms with Crippen molar-refractivity contribution in [3.05, 3.63) is 33.9 Å². The molecule has 1 aromatic rings. The molecule has 21 heavy (non-hydrogen) atoms. The molecule has 114 valence electrons. The van der Waals surface area contributed by atoms with Gasteiger partial charge in [-0.25, -0.2) is 0 Å². The van der Waals surface area contributed by atoms with Crippen molar-refractivity contribution in [1.29, 1.82) is 0 Å². The topological polar surface area (TPSA) is 120 Å². The normalized spacial score (nSPS) is 20.5. The van der Waals surface area contributed by atoms with Crippen molar-refractivity contribution in [1.82, 2.24) is 5.32 Å². The van der Waals surface area contributed by atoms with E-state index in [-0.39, 0.29) is 29.3 Å². The van der Waals surface area contributed by atoms with Crippen LogP contribution in [0.5, 0.6) is 0 Å². The number of benzene rings is 1. The molecule has 1 aliphatic rings. The quantitative estimate of drug-likeness (QED) is 0.411. The maximum Gasteiger partial charge on any atom is 0.270 e. The van der Waals surface area contributed by atoms with Crippen LogP contribution in [-0.4, -0.2) is 29.6 Å². The van der Waals surface area contributed by atoms with Gasteiger partial charge in [0.25, 0.3) is 11.6 Å². The van der Waals surface area contributed by atoms with Gasteiger partial charge in [0.05, 0.1) is 22.3 Å². The Bertz CT molecular complexity index is 543. The van der Waals surface area contributed by atoms with Crippen LogP contribution in [-0.2, 0) is 4.74 Å². The summed E-state index contributed by atoms with van der Waals surface area (Å²) in [6, 6.07) is 3.94. The predicted octanol–water partition coefficient (Wildman–Crippen LogP) is 1.18. The molecule has 0 saturated heterocycles. The van der Waals surface area contributed by atoms with Gasteiger partial charge in [-0.3, -0.25) is 20.8 Å². The van der Waals surface area contributed by atoms with Crippen molar-refractivity contribution in [2.45, 2.75) is 31.9 Å². The second-order valence-electron chi connectivity index (χ2n) is 4.85. The first-order chi connectivity index (χ1) is 10.0. The molecule has 4 N–H and O–H groups in total. The summed E-state index contributed by atoms with van der Waals surface area (Å²) in [5.41, 5.74) is 2.72. The number of nitro benzene ring substituents is 1. The van der Waals surface area contributed by atoms with Crippen molar-refractivity contribution in [2.24, 2.45) is 5.84 Å². The van der Waals surface area contributed by atoms with E-state index in [9.17, 15) is 14.9 Å². The number of rotatable bonds is 6. The zero-order valence-corrected chi connectivity index (χ0v) is 11.7. The number of nitrogens with one attached hydrogen (secondary N) is 2. The minimum atomic E-state index is -0.550. The summed E-state index contributed by atoms with van der Waals surface area (Å²) >= 11 is 0. The predicted molar refractivity (Wildman–Crippen MR) is 76.8 cm³/mol. The van der Waals surface area contributed by atoms with Crippen LogP contribution in [0.2, 0.25) is 0 Å². The Kier molecular flexibility index (Phi) is 4.71. The molecule has 0 aliphatic heterocycles. The van der Waals surface area contributed by atoms with E-state index in [0.29, 0.717) is 12.3 Å². The zero-order valence-electron chi connectivity index (χ0n) is 11.7. The Morgan fingerprint density at radius 2 is 2.24 bits per heavy atom. The van der Waals surface area contributed by atoms with Crippen molar-refractivity contribution in [3.63, 3.8) is 0 Å². The summed E-state index contributed by atoms with van der Waals surface area (Å²) in [5, 5.41) is 13.6. The highest BCUT2D eigenvalue weighted by atomic mass is 16.6. The minimum absolute atomic E-state index is 0.0268. The van der Waals surface area contributed by atoms with Crippen LogP contribution in [0.25, 0.3) is 0 Å². The standard InChI is InChI=1S/C13H18N4O4/c1-2-21-10-5-8(6-10)15-13(18)11-7-9(17(19)20)3-4-12(11)16-14/h3-4,7-8,10,16H,2,5-6,14H2,1H3,(H,15,18). The first-order valence-electron chi connectivity index (χ1n) is 6.72. The van der Waals surface area contributed by atoms with E-state index in [1.807, 2.05) is 6.92 Å². The lowest BCUT2D eigenvalue weighted by Crippen LogP contribution is -2.48. The number of hydrogen-bond donors (Lipinski definition) is 3. The number of nitrogens with two attached hydrogens (primary N) is 1. The molecular formula is C13H18N4O4. The summed E-state index contributed by atoms with van der Waals surface area (Å²) in [6.45, 7) is 2.58. The first kappa shape index (κ1) is 15.2. The minimum Gasteiger partial charge on any atom is -0.378 e. The maximum atomic E-state index is 12.2. The molecule has 1 aromatic carbocycles.